The van der Waals surface area contributed by atoms with Crippen LogP contribution in [0.2, 0.25) is 0 Å². The minimum atomic E-state index is -1.06. The number of nitrogens with zero attached hydrogens (tertiary/aromatic N) is 1. The molecule has 1 aromatic carbocycles. The van der Waals surface area contributed by atoms with Crippen LogP contribution in [0.5, 0.6) is 0 Å². The van der Waals surface area contributed by atoms with Crippen molar-refractivity contribution in [3.05, 3.63) is 29.8 Å². The highest BCUT2D eigenvalue weighted by molar-refractivity contribution is 6.39. The summed E-state index contributed by atoms with van der Waals surface area (Å²) in [5, 5.41) is 11.3. The van der Waals surface area contributed by atoms with Gasteiger partial charge in [-0.1, -0.05) is 0 Å². The molecule has 0 aromatic heterocycles. The lowest BCUT2D eigenvalue weighted by Crippen LogP contribution is -2.38. The summed E-state index contributed by atoms with van der Waals surface area (Å²) in [6.07, 6.45) is -0.254. The number of aliphatic hydroxyl groups is 1. The molecule has 0 spiro atoms. The maximum Gasteiger partial charge on any atom is 0.313 e. The molecule has 102 valence electrons. The zero-order valence-electron chi connectivity index (χ0n) is 9.90. The molecule has 1 aromatic rings. The second kappa shape index (κ2) is 5.31. The van der Waals surface area contributed by atoms with Gasteiger partial charge in [0.15, 0.2) is 0 Å². The van der Waals surface area contributed by atoms with Gasteiger partial charge in [0.2, 0.25) is 0 Å². The lowest BCUT2D eigenvalue weighted by Gasteiger charge is -2.15. The Balaban J connectivity index is 2.04. The van der Waals surface area contributed by atoms with E-state index in [2.05, 4.69) is 0 Å². The average Bonchev–Trinajstić information content (AvgIpc) is 2.79. The van der Waals surface area contributed by atoms with Gasteiger partial charge in [-0.15, -0.1) is 0 Å². The van der Waals surface area contributed by atoms with Crippen molar-refractivity contribution in [2.75, 3.05) is 18.4 Å². The molecule has 0 saturated carbocycles. The molecule has 1 heterocycles. The van der Waals surface area contributed by atoms with Crippen LogP contribution in [0.1, 0.15) is 6.42 Å². The zero-order chi connectivity index (χ0) is 14.0. The first kappa shape index (κ1) is 13.4. The molecular formula is C12H12F2N2O3. The van der Waals surface area contributed by atoms with Crippen molar-refractivity contribution >= 4 is 17.5 Å². The number of amides is 2. The van der Waals surface area contributed by atoms with E-state index in [1.165, 1.54) is 0 Å². The molecule has 0 unspecified atom stereocenters. The van der Waals surface area contributed by atoms with Crippen molar-refractivity contribution in [1.82, 2.24) is 4.90 Å². The highest BCUT2D eigenvalue weighted by atomic mass is 19.1. The van der Waals surface area contributed by atoms with Gasteiger partial charge in [-0.2, -0.15) is 0 Å². The van der Waals surface area contributed by atoms with E-state index in [1.54, 1.807) is 0 Å². The maximum atomic E-state index is 13.3. The number of carbonyl (C=O) groups is 2. The molecular weight excluding hydrogens is 258 g/mol. The molecule has 1 fully saturated rings. The van der Waals surface area contributed by atoms with Gasteiger partial charge in [-0.25, -0.2) is 8.78 Å². The Morgan fingerprint density at radius 2 is 2.11 bits per heavy atom. The van der Waals surface area contributed by atoms with Gasteiger partial charge in [0.25, 0.3) is 0 Å². The fourth-order valence-electron chi connectivity index (χ4n) is 1.84. The van der Waals surface area contributed by atoms with E-state index in [0.29, 0.717) is 6.42 Å². The molecule has 2 N–H and O–H groups in total. The number of β-amino-alcohol motifs (C(OH)–C–C–N with tert-alkyl or cyclic N) is 1. The fraction of sp³-hybridized carbons (Fsp3) is 0.333. The van der Waals surface area contributed by atoms with Crippen molar-refractivity contribution in [2.45, 2.75) is 12.5 Å². The van der Waals surface area contributed by atoms with Crippen molar-refractivity contribution in [1.29, 1.82) is 0 Å². The maximum absolute atomic E-state index is 13.3. The summed E-state index contributed by atoms with van der Waals surface area (Å²) in [6, 6.07) is 2.55. The van der Waals surface area contributed by atoms with Crippen molar-refractivity contribution in [3.8, 4) is 0 Å². The monoisotopic (exact) mass is 270 g/mol. The van der Waals surface area contributed by atoms with E-state index in [-0.39, 0.29) is 13.1 Å². The van der Waals surface area contributed by atoms with E-state index >= 15 is 0 Å². The number of hydrogen-bond donors (Lipinski definition) is 2. The van der Waals surface area contributed by atoms with Crippen LogP contribution in [0.4, 0.5) is 14.5 Å². The highest BCUT2D eigenvalue weighted by Gasteiger charge is 2.29. The molecule has 19 heavy (non-hydrogen) atoms. The molecule has 1 aliphatic heterocycles. The van der Waals surface area contributed by atoms with E-state index in [1.807, 2.05) is 5.32 Å². The minimum Gasteiger partial charge on any atom is -0.391 e. The Labute approximate surface area is 107 Å². The van der Waals surface area contributed by atoms with Gasteiger partial charge < -0.3 is 15.3 Å². The lowest BCUT2D eigenvalue weighted by molar-refractivity contribution is -0.142. The summed E-state index contributed by atoms with van der Waals surface area (Å²) in [5.74, 6) is -3.48. The van der Waals surface area contributed by atoms with Crippen molar-refractivity contribution in [3.63, 3.8) is 0 Å². The van der Waals surface area contributed by atoms with Crippen molar-refractivity contribution in [2.24, 2.45) is 0 Å². The van der Waals surface area contributed by atoms with Gasteiger partial charge in [-0.3, -0.25) is 9.59 Å². The third-order valence-electron chi connectivity index (χ3n) is 2.82. The lowest BCUT2D eigenvalue weighted by atomic mass is 10.3. The molecule has 7 heteroatoms. The number of rotatable bonds is 1. The topological polar surface area (TPSA) is 69.6 Å². The standard InChI is InChI=1S/C12H12F2N2O3/c13-7-1-2-9(14)10(5-7)15-11(18)12(19)16-4-3-8(17)6-16/h1-2,5,8,17H,3-4,6H2,(H,15,18)/t8-/m0/s1. The number of likely N-dealkylation sites (tertiary alicyclic amines) is 1. The van der Waals surface area contributed by atoms with Gasteiger partial charge in [-0.05, 0) is 18.6 Å². The summed E-state index contributed by atoms with van der Waals surface area (Å²) in [4.78, 5) is 24.4. The number of benzene rings is 1. The predicted molar refractivity (Wildman–Crippen MR) is 62.2 cm³/mol. The molecule has 0 bridgehead atoms. The van der Waals surface area contributed by atoms with Crippen LogP contribution < -0.4 is 5.32 Å². The van der Waals surface area contributed by atoms with Crippen molar-refractivity contribution < 1.29 is 23.5 Å². The van der Waals surface area contributed by atoms with Crippen LogP contribution in [0.3, 0.4) is 0 Å². The first-order valence-electron chi connectivity index (χ1n) is 5.71. The largest absolute Gasteiger partial charge is 0.391 e. The Kier molecular flexibility index (Phi) is 3.75. The van der Waals surface area contributed by atoms with E-state index < -0.39 is 35.2 Å². The van der Waals surface area contributed by atoms with Crippen LogP contribution in [0.15, 0.2) is 18.2 Å². The highest BCUT2D eigenvalue weighted by Crippen LogP contribution is 2.16. The number of anilines is 1. The van der Waals surface area contributed by atoms with Crippen LogP contribution in [0, 0.1) is 11.6 Å². The van der Waals surface area contributed by atoms with E-state index in [4.69, 9.17) is 0 Å². The first-order valence-corrected chi connectivity index (χ1v) is 5.71. The first-order chi connectivity index (χ1) is 8.97. The Bertz CT molecular complexity index is 522. The van der Waals surface area contributed by atoms with Crippen LogP contribution >= 0.6 is 0 Å². The summed E-state index contributed by atoms with van der Waals surface area (Å²) >= 11 is 0. The van der Waals surface area contributed by atoms with Gasteiger partial charge in [0.05, 0.1) is 11.8 Å². The minimum absolute atomic E-state index is 0.0673. The fourth-order valence-corrected chi connectivity index (χ4v) is 1.84. The summed E-state index contributed by atoms with van der Waals surface area (Å²) in [7, 11) is 0. The number of hydrogen-bond acceptors (Lipinski definition) is 3. The normalized spacial score (nSPS) is 18.5. The van der Waals surface area contributed by atoms with Crippen LogP contribution in [-0.4, -0.2) is 41.0 Å². The van der Waals surface area contributed by atoms with Gasteiger partial charge in [0.1, 0.15) is 11.6 Å². The number of aliphatic hydroxyl groups excluding tert-OH is 1. The third kappa shape index (κ3) is 3.05. The SMILES string of the molecule is O=C(Nc1cc(F)ccc1F)C(=O)N1CC[C@H](O)C1. The molecule has 2 amide bonds. The van der Waals surface area contributed by atoms with E-state index in [0.717, 1.165) is 23.1 Å². The molecule has 0 radical (unpaired) electrons. The summed E-state index contributed by atoms with van der Waals surface area (Å²) in [6.45, 7) is 0.330. The molecule has 5 nitrogen and oxygen atoms in total. The zero-order valence-corrected chi connectivity index (χ0v) is 9.90. The molecule has 1 atom stereocenters. The predicted octanol–water partition coefficient (Wildman–Crippen LogP) is 0.496. The second-order valence-electron chi connectivity index (χ2n) is 4.27. The Morgan fingerprint density at radius 1 is 1.37 bits per heavy atom. The second-order valence-corrected chi connectivity index (χ2v) is 4.27. The van der Waals surface area contributed by atoms with Gasteiger partial charge >= 0.3 is 11.8 Å². The van der Waals surface area contributed by atoms with Gasteiger partial charge in [0, 0.05) is 19.2 Å². The molecule has 1 aliphatic rings. The molecule has 0 aliphatic carbocycles. The number of carbonyl (C=O) groups excluding carboxylic acids is 2. The summed E-state index contributed by atoms with van der Waals surface area (Å²) < 4.78 is 26.2. The van der Waals surface area contributed by atoms with E-state index in [9.17, 15) is 23.5 Å². The Morgan fingerprint density at radius 3 is 2.74 bits per heavy atom. The molecule has 2 rings (SSSR count). The number of halogens is 2. The quantitative estimate of drug-likeness (QED) is 0.730. The van der Waals surface area contributed by atoms with Crippen LogP contribution in [-0.2, 0) is 9.59 Å². The molecule has 1 saturated heterocycles. The summed E-state index contributed by atoms with van der Waals surface area (Å²) in [5.41, 5.74) is -0.391. The number of nitrogens with one attached hydrogen (secondary N) is 1. The Hall–Kier alpha value is -2.02. The van der Waals surface area contributed by atoms with Crippen LogP contribution in [0.25, 0.3) is 0 Å². The average molecular weight is 270 g/mol. The smallest absolute Gasteiger partial charge is 0.313 e. The third-order valence-corrected chi connectivity index (χ3v) is 2.82.